The Kier molecular flexibility index (Phi) is 4.00. The maximum atomic E-state index is 12.3. The highest BCUT2D eigenvalue weighted by atomic mass is 32.2. The van der Waals surface area contributed by atoms with Gasteiger partial charge in [0, 0.05) is 13.1 Å². The quantitative estimate of drug-likeness (QED) is 0.772. The minimum absolute atomic E-state index is 0.164. The van der Waals surface area contributed by atoms with Crippen LogP contribution in [0.2, 0.25) is 0 Å². The van der Waals surface area contributed by atoms with Gasteiger partial charge in [0.2, 0.25) is 10.0 Å². The van der Waals surface area contributed by atoms with Gasteiger partial charge in [-0.05, 0) is 12.1 Å². The maximum absolute atomic E-state index is 12.3. The average Bonchev–Trinajstić information content (AvgIpc) is 2.39. The Bertz CT molecular complexity index is 594. The van der Waals surface area contributed by atoms with Crippen LogP contribution in [0.5, 0.6) is 0 Å². The topological polar surface area (TPSA) is 80.8 Å². The van der Waals surface area contributed by atoms with Crippen LogP contribution in [-0.4, -0.2) is 47.4 Å². The second-order valence-corrected chi connectivity index (χ2v) is 6.64. The summed E-state index contributed by atoms with van der Waals surface area (Å²) in [5, 5.41) is 0. The minimum Gasteiger partial charge on any atom is -0.379 e. The fourth-order valence-electron chi connectivity index (χ4n) is 1.75. The van der Waals surface area contributed by atoms with Gasteiger partial charge < -0.3 is 4.74 Å². The fraction of sp³-hybridized carbons (Fsp3) is 0.400. The van der Waals surface area contributed by atoms with Gasteiger partial charge in [0.15, 0.2) is 10.7 Å². The van der Waals surface area contributed by atoms with E-state index in [0.717, 1.165) is 0 Å². The highest BCUT2D eigenvalue weighted by Crippen LogP contribution is 2.21. The summed E-state index contributed by atoms with van der Waals surface area (Å²) in [6.07, 6.45) is 0. The van der Waals surface area contributed by atoms with Crippen LogP contribution in [0, 0.1) is 0 Å². The number of morpholine rings is 1. The van der Waals surface area contributed by atoms with Crippen molar-refractivity contribution in [3.8, 4) is 0 Å². The molecule has 2 rings (SSSR count). The average molecular weight is 291 g/mol. The summed E-state index contributed by atoms with van der Waals surface area (Å²) in [4.78, 5) is -0.331. The molecule has 0 aromatic heterocycles. The zero-order valence-electron chi connectivity index (χ0n) is 9.48. The summed E-state index contributed by atoms with van der Waals surface area (Å²) in [6.45, 7) is 1.13. The maximum Gasteiger partial charge on any atom is 0.244 e. The zero-order valence-corrected chi connectivity index (χ0v) is 11.2. The van der Waals surface area contributed by atoms with E-state index in [4.69, 9.17) is 4.74 Å². The SMILES string of the molecule is O=[SH](=O)c1ccccc1S(=O)(=O)N1CCOCC1. The van der Waals surface area contributed by atoms with E-state index in [2.05, 4.69) is 0 Å². The van der Waals surface area contributed by atoms with Crippen molar-refractivity contribution in [3.05, 3.63) is 24.3 Å². The molecule has 1 aliphatic heterocycles. The van der Waals surface area contributed by atoms with Crippen molar-refractivity contribution in [3.63, 3.8) is 0 Å². The molecule has 1 aromatic carbocycles. The minimum atomic E-state index is -3.77. The third kappa shape index (κ3) is 2.56. The summed E-state index contributed by atoms with van der Waals surface area (Å²) in [6, 6.07) is 5.61. The number of sulfonamides is 1. The Morgan fingerprint density at radius 1 is 1.11 bits per heavy atom. The molecule has 0 amide bonds. The molecule has 1 aromatic rings. The largest absolute Gasteiger partial charge is 0.379 e. The Hall–Kier alpha value is -0.960. The van der Waals surface area contributed by atoms with Crippen molar-refractivity contribution in [1.29, 1.82) is 0 Å². The Balaban J connectivity index is 2.47. The van der Waals surface area contributed by atoms with E-state index in [1.165, 1.54) is 28.6 Å². The number of ether oxygens (including phenoxy) is 1. The van der Waals surface area contributed by atoms with Crippen LogP contribution < -0.4 is 0 Å². The molecule has 0 atom stereocenters. The molecule has 0 saturated carbocycles. The van der Waals surface area contributed by atoms with Gasteiger partial charge in [-0.15, -0.1) is 0 Å². The molecule has 1 heterocycles. The molecule has 0 unspecified atom stereocenters. The number of rotatable bonds is 3. The molecular weight excluding hydrogens is 278 g/mol. The van der Waals surface area contributed by atoms with Gasteiger partial charge >= 0.3 is 0 Å². The van der Waals surface area contributed by atoms with E-state index in [9.17, 15) is 16.8 Å². The summed E-state index contributed by atoms with van der Waals surface area (Å²) < 4.78 is 53.1. The molecule has 0 bridgehead atoms. The molecule has 0 spiro atoms. The van der Waals surface area contributed by atoms with Crippen LogP contribution in [0.15, 0.2) is 34.1 Å². The summed E-state index contributed by atoms with van der Waals surface area (Å²) in [7, 11) is -6.71. The van der Waals surface area contributed by atoms with Gasteiger partial charge in [0.05, 0.1) is 18.1 Å². The fourth-order valence-corrected chi connectivity index (χ4v) is 4.27. The van der Waals surface area contributed by atoms with Crippen molar-refractivity contribution in [2.45, 2.75) is 9.79 Å². The van der Waals surface area contributed by atoms with Crippen LogP contribution in [0.3, 0.4) is 0 Å². The molecule has 0 N–H and O–H groups in total. The van der Waals surface area contributed by atoms with Gasteiger partial charge in [0.25, 0.3) is 0 Å². The second kappa shape index (κ2) is 5.35. The van der Waals surface area contributed by atoms with Crippen LogP contribution in [0.4, 0.5) is 0 Å². The third-order valence-electron chi connectivity index (χ3n) is 2.65. The summed E-state index contributed by atoms with van der Waals surface area (Å²) >= 11 is 0. The van der Waals surface area contributed by atoms with Gasteiger partial charge in [-0.2, -0.15) is 4.31 Å². The van der Waals surface area contributed by atoms with Crippen molar-refractivity contribution in [1.82, 2.24) is 4.31 Å². The van der Waals surface area contributed by atoms with Gasteiger partial charge in [-0.25, -0.2) is 16.8 Å². The molecule has 6 nitrogen and oxygen atoms in total. The van der Waals surface area contributed by atoms with Gasteiger partial charge in [-0.3, -0.25) is 0 Å². The number of benzene rings is 1. The second-order valence-electron chi connectivity index (χ2n) is 3.74. The summed E-state index contributed by atoms with van der Waals surface area (Å²) in [5.74, 6) is 0. The van der Waals surface area contributed by atoms with Crippen LogP contribution in [0.1, 0.15) is 0 Å². The lowest BCUT2D eigenvalue weighted by Gasteiger charge is -2.26. The Labute approximate surface area is 107 Å². The highest BCUT2D eigenvalue weighted by molar-refractivity contribution is 7.89. The Morgan fingerprint density at radius 2 is 1.72 bits per heavy atom. The first-order chi connectivity index (χ1) is 8.53. The standard InChI is InChI=1S/C10H13NO5S2/c12-17(13)9-3-1-2-4-10(9)18(14,15)11-5-7-16-8-6-11/h1-4,17H,5-8H2. The lowest BCUT2D eigenvalue weighted by atomic mass is 10.4. The van der Waals surface area contributed by atoms with Gasteiger partial charge in [-0.1, -0.05) is 12.1 Å². The first kappa shape index (κ1) is 13.5. The monoisotopic (exact) mass is 291 g/mol. The molecule has 1 saturated heterocycles. The van der Waals surface area contributed by atoms with E-state index < -0.39 is 20.7 Å². The molecule has 100 valence electrons. The van der Waals surface area contributed by atoms with Crippen molar-refractivity contribution in [2.24, 2.45) is 0 Å². The number of nitrogens with zero attached hydrogens (tertiary/aromatic N) is 1. The van der Waals surface area contributed by atoms with Crippen molar-refractivity contribution in [2.75, 3.05) is 26.3 Å². The number of hydrogen-bond donors (Lipinski definition) is 1. The number of thiol groups is 1. The normalized spacial score (nSPS) is 18.1. The molecule has 0 radical (unpaired) electrons. The molecule has 0 aliphatic carbocycles. The first-order valence-electron chi connectivity index (χ1n) is 5.35. The lowest BCUT2D eigenvalue weighted by Crippen LogP contribution is -2.40. The Morgan fingerprint density at radius 3 is 2.33 bits per heavy atom. The molecule has 18 heavy (non-hydrogen) atoms. The molecule has 8 heteroatoms. The van der Waals surface area contributed by atoms with E-state index in [-0.39, 0.29) is 22.9 Å². The predicted octanol–water partition coefficient (Wildman–Crippen LogP) is -0.322. The van der Waals surface area contributed by atoms with Crippen LogP contribution in [0.25, 0.3) is 0 Å². The van der Waals surface area contributed by atoms with Crippen molar-refractivity contribution >= 4 is 20.7 Å². The smallest absolute Gasteiger partial charge is 0.244 e. The van der Waals surface area contributed by atoms with Gasteiger partial charge in [0.1, 0.15) is 4.90 Å². The zero-order chi connectivity index (χ0) is 13.2. The summed E-state index contributed by atoms with van der Waals surface area (Å²) in [5.41, 5.74) is 0. The van der Waals surface area contributed by atoms with E-state index >= 15 is 0 Å². The third-order valence-corrected chi connectivity index (χ3v) is 5.54. The van der Waals surface area contributed by atoms with Crippen molar-refractivity contribution < 1.29 is 21.6 Å². The van der Waals surface area contributed by atoms with Crippen LogP contribution >= 0.6 is 0 Å². The first-order valence-corrected chi connectivity index (χ1v) is 7.96. The number of hydrogen-bond acceptors (Lipinski definition) is 5. The van der Waals surface area contributed by atoms with E-state index in [1.54, 1.807) is 0 Å². The van der Waals surface area contributed by atoms with E-state index in [1.807, 2.05) is 0 Å². The van der Waals surface area contributed by atoms with E-state index in [0.29, 0.717) is 13.2 Å². The van der Waals surface area contributed by atoms with Crippen LogP contribution in [-0.2, 0) is 25.5 Å². The predicted molar refractivity (Wildman–Crippen MR) is 64.6 cm³/mol. The lowest BCUT2D eigenvalue weighted by molar-refractivity contribution is 0.0729. The highest BCUT2D eigenvalue weighted by Gasteiger charge is 2.28. The molecule has 1 fully saturated rings. The molecule has 1 aliphatic rings. The molecular formula is C10H13NO5S2.